The highest BCUT2D eigenvalue weighted by Crippen LogP contribution is 2.19. The van der Waals surface area contributed by atoms with E-state index in [1.54, 1.807) is 36.4 Å². The van der Waals surface area contributed by atoms with Crippen LogP contribution in [0.2, 0.25) is 5.02 Å². The van der Waals surface area contributed by atoms with Gasteiger partial charge in [0.05, 0.1) is 16.8 Å². The van der Waals surface area contributed by atoms with Crippen molar-refractivity contribution in [2.24, 2.45) is 10.9 Å². The Kier molecular flexibility index (Phi) is 4.65. The molecule has 0 N–H and O–H groups in total. The van der Waals surface area contributed by atoms with Crippen LogP contribution in [0.25, 0.3) is 0 Å². The van der Waals surface area contributed by atoms with Gasteiger partial charge in [0.1, 0.15) is 5.92 Å². The van der Waals surface area contributed by atoms with Crippen LogP contribution < -0.4 is 0 Å². The van der Waals surface area contributed by atoms with E-state index in [0.717, 1.165) is 0 Å². The van der Waals surface area contributed by atoms with Crippen LogP contribution in [0, 0.1) is 17.2 Å². The van der Waals surface area contributed by atoms with E-state index < -0.39 is 5.92 Å². The SMILES string of the molecule is N#CC(C=Nc1ccccc1)C(=O)c1ccccc1Cl. The van der Waals surface area contributed by atoms with E-state index in [2.05, 4.69) is 4.99 Å². The minimum absolute atomic E-state index is 0.334. The Morgan fingerprint density at radius 1 is 1.15 bits per heavy atom. The van der Waals surface area contributed by atoms with Crippen molar-refractivity contribution < 1.29 is 4.79 Å². The Labute approximate surface area is 122 Å². The first-order chi connectivity index (χ1) is 9.72. The van der Waals surface area contributed by atoms with Gasteiger partial charge in [0, 0.05) is 11.8 Å². The summed E-state index contributed by atoms with van der Waals surface area (Å²) in [4.78, 5) is 16.4. The van der Waals surface area contributed by atoms with Gasteiger partial charge in [0.15, 0.2) is 5.78 Å². The van der Waals surface area contributed by atoms with E-state index in [-0.39, 0.29) is 5.78 Å². The average Bonchev–Trinajstić information content (AvgIpc) is 2.49. The molecule has 0 radical (unpaired) electrons. The summed E-state index contributed by atoms with van der Waals surface area (Å²) >= 11 is 5.96. The molecule has 0 spiro atoms. The monoisotopic (exact) mass is 282 g/mol. The second kappa shape index (κ2) is 6.65. The number of rotatable bonds is 4. The molecule has 1 unspecified atom stereocenters. The number of benzene rings is 2. The summed E-state index contributed by atoms with van der Waals surface area (Å²) in [7, 11) is 0. The standard InChI is InChI=1S/C16H11ClN2O/c17-15-9-5-4-8-14(15)16(20)12(10-18)11-19-13-6-2-1-3-7-13/h1-9,11-12H. The number of hydrogen-bond acceptors (Lipinski definition) is 3. The molecule has 0 aliphatic rings. The van der Waals surface area contributed by atoms with E-state index in [9.17, 15) is 4.79 Å². The summed E-state index contributed by atoms with van der Waals surface area (Å²) in [5.74, 6) is -1.30. The first-order valence-corrected chi connectivity index (χ1v) is 6.38. The smallest absolute Gasteiger partial charge is 0.186 e. The van der Waals surface area contributed by atoms with Crippen LogP contribution in [0.3, 0.4) is 0 Å². The second-order valence-electron chi connectivity index (χ2n) is 4.06. The number of hydrogen-bond donors (Lipinski definition) is 0. The maximum Gasteiger partial charge on any atom is 0.186 e. The molecule has 0 saturated carbocycles. The van der Waals surface area contributed by atoms with Crippen molar-refractivity contribution in [3.63, 3.8) is 0 Å². The van der Waals surface area contributed by atoms with Gasteiger partial charge < -0.3 is 0 Å². The quantitative estimate of drug-likeness (QED) is 0.627. The lowest BCUT2D eigenvalue weighted by molar-refractivity contribution is 0.0977. The van der Waals surface area contributed by atoms with Crippen LogP contribution in [0.5, 0.6) is 0 Å². The Hall–Kier alpha value is -2.44. The number of nitriles is 1. The number of aliphatic imine (C=N–C) groups is 1. The molecule has 0 heterocycles. The first kappa shape index (κ1) is 14.0. The average molecular weight is 283 g/mol. The van der Waals surface area contributed by atoms with Gasteiger partial charge in [-0.25, -0.2) is 0 Å². The maximum atomic E-state index is 12.2. The number of ketones is 1. The molecule has 2 rings (SSSR count). The van der Waals surface area contributed by atoms with Crippen molar-refractivity contribution >= 4 is 29.3 Å². The fourth-order valence-electron chi connectivity index (χ4n) is 1.66. The molecule has 4 heteroatoms. The van der Waals surface area contributed by atoms with Crippen molar-refractivity contribution in [1.29, 1.82) is 5.26 Å². The Bertz CT molecular complexity index is 674. The molecule has 0 fully saturated rings. The summed E-state index contributed by atoms with van der Waals surface area (Å²) in [5.41, 5.74) is 1.03. The van der Waals surface area contributed by atoms with Crippen LogP contribution in [0.15, 0.2) is 59.6 Å². The van der Waals surface area contributed by atoms with Gasteiger partial charge in [-0.2, -0.15) is 5.26 Å². The van der Waals surface area contributed by atoms with Gasteiger partial charge >= 0.3 is 0 Å². The normalized spacial score (nSPS) is 12.0. The lowest BCUT2D eigenvalue weighted by atomic mass is 10.00. The predicted octanol–water partition coefficient (Wildman–Crippen LogP) is 4.06. The molecule has 0 aliphatic carbocycles. The lowest BCUT2D eigenvalue weighted by Crippen LogP contribution is -2.14. The zero-order chi connectivity index (χ0) is 14.4. The number of halogens is 1. The third-order valence-corrected chi connectivity index (χ3v) is 3.02. The molecule has 0 aliphatic heterocycles. The largest absolute Gasteiger partial charge is 0.292 e. The highest BCUT2D eigenvalue weighted by Gasteiger charge is 2.19. The van der Waals surface area contributed by atoms with E-state index >= 15 is 0 Å². The summed E-state index contributed by atoms with van der Waals surface area (Å²) in [6, 6.07) is 17.7. The number of Topliss-reactive ketones (excluding diaryl/α,β-unsaturated/α-hetero) is 1. The molecule has 0 saturated heterocycles. The van der Waals surface area contributed by atoms with Crippen molar-refractivity contribution in [3.8, 4) is 6.07 Å². The Morgan fingerprint density at radius 2 is 1.80 bits per heavy atom. The molecule has 98 valence electrons. The van der Waals surface area contributed by atoms with Crippen molar-refractivity contribution in [2.75, 3.05) is 0 Å². The van der Waals surface area contributed by atoms with E-state index in [1.807, 2.05) is 24.3 Å². The van der Waals surface area contributed by atoms with Crippen LogP contribution in [0.4, 0.5) is 5.69 Å². The van der Waals surface area contributed by atoms with Crippen LogP contribution in [-0.2, 0) is 0 Å². The van der Waals surface area contributed by atoms with Gasteiger partial charge in [0.25, 0.3) is 0 Å². The van der Waals surface area contributed by atoms with Gasteiger partial charge in [-0.1, -0.05) is 41.9 Å². The molecular formula is C16H11ClN2O. The molecule has 20 heavy (non-hydrogen) atoms. The van der Waals surface area contributed by atoms with E-state index in [4.69, 9.17) is 16.9 Å². The Morgan fingerprint density at radius 3 is 2.45 bits per heavy atom. The van der Waals surface area contributed by atoms with E-state index in [0.29, 0.717) is 16.3 Å². The zero-order valence-corrected chi connectivity index (χ0v) is 11.3. The molecule has 2 aromatic carbocycles. The highest BCUT2D eigenvalue weighted by atomic mass is 35.5. The number of carbonyl (C=O) groups excluding carboxylic acids is 1. The molecule has 2 aromatic rings. The molecule has 0 aromatic heterocycles. The maximum absolute atomic E-state index is 12.2. The Balaban J connectivity index is 2.22. The highest BCUT2D eigenvalue weighted by molar-refractivity contribution is 6.34. The zero-order valence-electron chi connectivity index (χ0n) is 10.5. The molecule has 1 atom stereocenters. The molecular weight excluding hydrogens is 272 g/mol. The van der Waals surface area contributed by atoms with Crippen LogP contribution in [-0.4, -0.2) is 12.0 Å². The second-order valence-corrected chi connectivity index (χ2v) is 4.47. The lowest BCUT2D eigenvalue weighted by Gasteiger charge is -2.04. The minimum atomic E-state index is -0.949. The molecule has 0 bridgehead atoms. The predicted molar refractivity (Wildman–Crippen MR) is 79.5 cm³/mol. The number of carbonyl (C=O) groups is 1. The summed E-state index contributed by atoms with van der Waals surface area (Å²) in [5, 5.41) is 9.46. The van der Waals surface area contributed by atoms with Crippen molar-refractivity contribution in [3.05, 3.63) is 65.2 Å². The molecule has 0 amide bonds. The topological polar surface area (TPSA) is 53.2 Å². The van der Waals surface area contributed by atoms with Gasteiger partial charge in [-0.05, 0) is 24.3 Å². The number of para-hydroxylation sites is 1. The van der Waals surface area contributed by atoms with Crippen molar-refractivity contribution in [1.82, 2.24) is 0 Å². The van der Waals surface area contributed by atoms with Crippen molar-refractivity contribution in [2.45, 2.75) is 0 Å². The van der Waals surface area contributed by atoms with Gasteiger partial charge in [0.2, 0.25) is 0 Å². The van der Waals surface area contributed by atoms with Crippen LogP contribution in [0.1, 0.15) is 10.4 Å². The summed E-state index contributed by atoms with van der Waals surface area (Å²) in [6.45, 7) is 0. The fourth-order valence-corrected chi connectivity index (χ4v) is 1.89. The third-order valence-electron chi connectivity index (χ3n) is 2.69. The third kappa shape index (κ3) is 3.31. The summed E-state index contributed by atoms with van der Waals surface area (Å²) in [6.07, 6.45) is 1.35. The summed E-state index contributed by atoms with van der Waals surface area (Å²) < 4.78 is 0. The number of nitrogens with zero attached hydrogens (tertiary/aromatic N) is 2. The fraction of sp³-hybridized carbons (Fsp3) is 0.0625. The minimum Gasteiger partial charge on any atom is -0.292 e. The van der Waals surface area contributed by atoms with Gasteiger partial charge in [-0.15, -0.1) is 0 Å². The molecule has 3 nitrogen and oxygen atoms in total. The van der Waals surface area contributed by atoms with Crippen LogP contribution >= 0.6 is 11.6 Å². The first-order valence-electron chi connectivity index (χ1n) is 6.00. The van der Waals surface area contributed by atoms with E-state index in [1.165, 1.54) is 6.21 Å². The van der Waals surface area contributed by atoms with Gasteiger partial charge in [-0.3, -0.25) is 9.79 Å².